The maximum Gasteiger partial charge on any atom is 0.242 e. The number of benzene rings is 1. The van der Waals surface area contributed by atoms with Crippen molar-refractivity contribution in [1.82, 2.24) is 9.71 Å². The number of hydrogen-bond donors (Lipinski definition) is 1. The van der Waals surface area contributed by atoms with Crippen molar-refractivity contribution in [3.63, 3.8) is 0 Å². The highest BCUT2D eigenvalue weighted by atomic mass is 79.9. The van der Waals surface area contributed by atoms with Gasteiger partial charge in [-0.15, -0.1) is 0 Å². The lowest BCUT2D eigenvalue weighted by Gasteiger charge is -2.12. The molecule has 1 aromatic carbocycles. The summed E-state index contributed by atoms with van der Waals surface area (Å²) in [6.45, 7) is 0.226. The average Bonchev–Trinajstić information content (AvgIpc) is 2.88. The highest BCUT2D eigenvalue weighted by Gasteiger charge is 2.24. The molecule has 1 atom stereocenters. The second-order valence-corrected chi connectivity index (χ2v) is 7.43. The van der Waals surface area contributed by atoms with E-state index in [1.807, 2.05) is 24.3 Å². The number of halogens is 1. The van der Waals surface area contributed by atoms with Crippen LogP contribution in [0.4, 0.5) is 0 Å². The third-order valence-electron chi connectivity index (χ3n) is 3.20. The van der Waals surface area contributed by atoms with Gasteiger partial charge in [-0.2, -0.15) is 0 Å². The smallest absolute Gasteiger partial charge is 0.242 e. The number of aromatic nitrogens is 1. The lowest BCUT2D eigenvalue weighted by Crippen LogP contribution is -2.34. The molecule has 3 rings (SSSR count). The SMILES string of the molecule is O=S(=O)(NCC1Cc2ccccc2O1)c1cncc(Br)c1. The van der Waals surface area contributed by atoms with Gasteiger partial charge in [-0.05, 0) is 33.6 Å². The van der Waals surface area contributed by atoms with E-state index in [9.17, 15) is 8.42 Å². The number of sulfonamides is 1. The molecule has 0 spiro atoms. The first-order chi connectivity index (χ1) is 10.0. The summed E-state index contributed by atoms with van der Waals surface area (Å²) in [5, 5.41) is 0. The van der Waals surface area contributed by atoms with Gasteiger partial charge in [-0.1, -0.05) is 18.2 Å². The first kappa shape index (κ1) is 14.5. The number of hydrogen-bond acceptors (Lipinski definition) is 4. The summed E-state index contributed by atoms with van der Waals surface area (Å²) in [5.41, 5.74) is 1.10. The van der Waals surface area contributed by atoms with Crippen LogP contribution in [0.5, 0.6) is 5.75 Å². The Hall–Kier alpha value is -1.44. The van der Waals surface area contributed by atoms with Gasteiger partial charge in [-0.3, -0.25) is 4.98 Å². The Morgan fingerprint density at radius 3 is 2.90 bits per heavy atom. The van der Waals surface area contributed by atoms with Crippen LogP contribution in [0, 0.1) is 0 Å². The van der Waals surface area contributed by atoms with Crippen molar-refractivity contribution in [2.24, 2.45) is 0 Å². The number of ether oxygens (including phenoxy) is 1. The van der Waals surface area contributed by atoms with Crippen molar-refractivity contribution >= 4 is 26.0 Å². The Balaban J connectivity index is 1.66. The molecule has 0 saturated heterocycles. The van der Waals surface area contributed by atoms with Crippen molar-refractivity contribution in [2.75, 3.05) is 6.54 Å². The molecule has 0 saturated carbocycles. The van der Waals surface area contributed by atoms with Gasteiger partial charge in [0.2, 0.25) is 10.0 Å². The normalized spacial score (nSPS) is 17.3. The summed E-state index contributed by atoms with van der Waals surface area (Å²) in [6.07, 6.45) is 3.37. The van der Waals surface area contributed by atoms with Gasteiger partial charge in [0.15, 0.2) is 0 Å². The first-order valence-corrected chi connectivity index (χ1v) is 8.67. The number of nitrogens with one attached hydrogen (secondary N) is 1. The van der Waals surface area contributed by atoms with E-state index in [4.69, 9.17) is 4.74 Å². The number of para-hydroxylation sites is 1. The molecule has 0 fully saturated rings. The molecule has 0 aliphatic carbocycles. The Kier molecular flexibility index (Phi) is 3.97. The molecule has 110 valence electrons. The molecule has 0 amide bonds. The Morgan fingerprint density at radius 2 is 2.14 bits per heavy atom. The summed E-state index contributed by atoms with van der Waals surface area (Å²) in [7, 11) is -3.58. The first-order valence-electron chi connectivity index (χ1n) is 6.39. The summed E-state index contributed by atoms with van der Waals surface area (Å²) in [4.78, 5) is 4.00. The van der Waals surface area contributed by atoms with Gasteiger partial charge in [0, 0.05) is 29.8 Å². The fourth-order valence-electron chi connectivity index (χ4n) is 2.19. The summed E-state index contributed by atoms with van der Waals surface area (Å²) in [5.74, 6) is 0.825. The Labute approximate surface area is 131 Å². The maximum absolute atomic E-state index is 12.2. The van der Waals surface area contributed by atoms with Crippen molar-refractivity contribution in [3.05, 3.63) is 52.8 Å². The van der Waals surface area contributed by atoms with Crippen molar-refractivity contribution < 1.29 is 13.2 Å². The lowest BCUT2D eigenvalue weighted by atomic mass is 10.1. The van der Waals surface area contributed by atoms with Crippen LogP contribution in [-0.4, -0.2) is 26.1 Å². The minimum Gasteiger partial charge on any atom is -0.488 e. The summed E-state index contributed by atoms with van der Waals surface area (Å²) < 4.78 is 33.3. The van der Waals surface area contributed by atoms with E-state index in [1.165, 1.54) is 18.5 Å². The van der Waals surface area contributed by atoms with Crippen LogP contribution >= 0.6 is 15.9 Å². The van der Waals surface area contributed by atoms with Crippen LogP contribution < -0.4 is 9.46 Å². The number of pyridine rings is 1. The average molecular weight is 369 g/mol. The highest BCUT2D eigenvalue weighted by Crippen LogP contribution is 2.27. The molecule has 1 aromatic heterocycles. The molecule has 0 bridgehead atoms. The van der Waals surface area contributed by atoms with Crippen molar-refractivity contribution in [1.29, 1.82) is 0 Å². The molecular formula is C14H13BrN2O3S. The van der Waals surface area contributed by atoms with Gasteiger partial charge < -0.3 is 4.74 Å². The van der Waals surface area contributed by atoms with Gasteiger partial charge in [0.25, 0.3) is 0 Å². The zero-order valence-electron chi connectivity index (χ0n) is 11.0. The van der Waals surface area contributed by atoms with E-state index in [0.717, 1.165) is 11.3 Å². The van der Waals surface area contributed by atoms with Crippen LogP contribution in [-0.2, 0) is 16.4 Å². The monoisotopic (exact) mass is 368 g/mol. The minimum absolute atomic E-state index is 0.132. The molecule has 0 radical (unpaired) electrons. The fourth-order valence-corrected chi connectivity index (χ4v) is 3.76. The Bertz CT molecular complexity index is 739. The molecule has 21 heavy (non-hydrogen) atoms. The van der Waals surface area contributed by atoms with Crippen molar-refractivity contribution in [2.45, 2.75) is 17.4 Å². The van der Waals surface area contributed by atoms with E-state index >= 15 is 0 Å². The number of fused-ring (bicyclic) bond motifs is 1. The van der Waals surface area contributed by atoms with E-state index < -0.39 is 10.0 Å². The molecule has 5 nitrogen and oxygen atoms in total. The zero-order chi connectivity index (χ0) is 14.9. The molecule has 1 unspecified atom stereocenters. The van der Waals surface area contributed by atoms with Gasteiger partial charge in [-0.25, -0.2) is 13.1 Å². The molecular weight excluding hydrogens is 356 g/mol. The lowest BCUT2D eigenvalue weighted by molar-refractivity contribution is 0.236. The molecule has 1 N–H and O–H groups in total. The minimum atomic E-state index is -3.58. The Morgan fingerprint density at radius 1 is 1.33 bits per heavy atom. The zero-order valence-corrected chi connectivity index (χ0v) is 13.4. The maximum atomic E-state index is 12.2. The molecule has 7 heteroatoms. The van der Waals surface area contributed by atoms with E-state index in [1.54, 1.807) is 0 Å². The van der Waals surface area contributed by atoms with Crippen LogP contribution in [0.15, 0.2) is 52.1 Å². The third kappa shape index (κ3) is 3.25. The predicted molar refractivity (Wildman–Crippen MR) is 81.7 cm³/mol. The van der Waals surface area contributed by atoms with E-state index in [-0.39, 0.29) is 17.5 Å². The van der Waals surface area contributed by atoms with E-state index in [2.05, 4.69) is 25.6 Å². The van der Waals surface area contributed by atoms with Gasteiger partial charge in [0.05, 0.1) is 0 Å². The highest BCUT2D eigenvalue weighted by molar-refractivity contribution is 9.10. The largest absolute Gasteiger partial charge is 0.488 e. The van der Waals surface area contributed by atoms with Crippen LogP contribution in [0.3, 0.4) is 0 Å². The van der Waals surface area contributed by atoms with Crippen LogP contribution in [0.25, 0.3) is 0 Å². The van der Waals surface area contributed by atoms with Crippen LogP contribution in [0.1, 0.15) is 5.56 Å². The molecule has 1 aliphatic heterocycles. The number of nitrogens with zero attached hydrogens (tertiary/aromatic N) is 1. The number of rotatable bonds is 4. The standard InChI is InChI=1S/C14H13BrN2O3S/c15-11-6-13(9-16-7-11)21(18,19)17-8-12-5-10-3-1-2-4-14(10)20-12/h1-4,6-7,9,12,17H,5,8H2. The molecule has 2 heterocycles. The van der Waals surface area contributed by atoms with Gasteiger partial charge in [0.1, 0.15) is 16.7 Å². The van der Waals surface area contributed by atoms with Crippen molar-refractivity contribution in [3.8, 4) is 5.75 Å². The third-order valence-corrected chi connectivity index (χ3v) is 5.03. The summed E-state index contributed by atoms with van der Waals surface area (Å²) >= 11 is 3.21. The molecule has 2 aromatic rings. The summed E-state index contributed by atoms with van der Waals surface area (Å²) in [6, 6.07) is 9.24. The quantitative estimate of drug-likeness (QED) is 0.897. The van der Waals surface area contributed by atoms with Crippen LogP contribution in [0.2, 0.25) is 0 Å². The van der Waals surface area contributed by atoms with Gasteiger partial charge >= 0.3 is 0 Å². The van der Waals surface area contributed by atoms with E-state index in [0.29, 0.717) is 10.9 Å². The second kappa shape index (κ2) is 5.75. The predicted octanol–water partition coefficient (Wildman–Crippen LogP) is 2.13. The topological polar surface area (TPSA) is 68.3 Å². The molecule has 1 aliphatic rings. The second-order valence-electron chi connectivity index (χ2n) is 4.74. The fraction of sp³-hybridized carbons (Fsp3) is 0.214.